The van der Waals surface area contributed by atoms with Crippen molar-refractivity contribution < 1.29 is 13.2 Å². The Morgan fingerprint density at radius 2 is 1.66 bits per heavy atom. The summed E-state index contributed by atoms with van der Waals surface area (Å²) in [6.07, 6.45) is 1.76. The number of sulfonamides is 1. The lowest BCUT2D eigenvalue weighted by Gasteiger charge is -2.22. The number of benzene rings is 3. The fraction of sp³-hybridized carbons (Fsp3) is 0.261. The van der Waals surface area contributed by atoms with E-state index in [9.17, 15) is 13.2 Å². The summed E-state index contributed by atoms with van der Waals surface area (Å²) in [5, 5.41) is 2.17. The zero-order chi connectivity index (χ0) is 20.4. The SMILES string of the molecule is CCN(C(=O)c1cccc(S(=O)(=O)N2CCCC2)c1)c1ccc2ccccc2c1. The van der Waals surface area contributed by atoms with Crippen LogP contribution in [0.1, 0.15) is 30.1 Å². The summed E-state index contributed by atoms with van der Waals surface area (Å²) in [5.74, 6) is -0.207. The van der Waals surface area contributed by atoms with E-state index in [2.05, 4.69) is 0 Å². The van der Waals surface area contributed by atoms with Crippen molar-refractivity contribution in [3.05, 3.63) is 72.3 Å². The van der Waals surface area contributed by atoms with Gasteiger partial charge in [0, 0.05) is 30.9 Å². The van der Waals surface area contributed by atoms with Crippen LogP contribution in [0.3, 0.4) is 0 Å². The van der Waals surface area contributed by atoms with Crippen LogP contribution in [-0.2, 0) is 10.0 Å². The fourth-order valence-corrected chi connectivity index (χ4v) is 5.37. The van der Waals surface area contributed by atoms with E-state index in [1.807, 2.05) is 49.4 Å². The maximum atomic E-state index is 13.2. The van der Waals surface area contributed by atoms with E-state index in [0.717, 1.165) is 29.3 Å². The largest absolute Gasteiger partial charge is 0.309 e. The molecule has 1 amide bonds. The van der Waals surface area contributed by atoms with Crippen LogP contribution in [0.25, 0.3) is 10.8 Å². The molecule has 1 aliphatic rings. The van der Waals surface area contributed by atoms with E-state index >= 15 is 0 Å². The van der Waals surface area contributed by atoms with Gasteiger partial charge in [0.25, 0.3) is 5.91 Å². The molecule has 0 N–H and O–H groups in total. The molecule has 150 valence electrons. The molecule has 0 saturated carbocycles. The third kappa shape index (κ3) is 3.78. The highest BCUT2D eigenvalue weighted by molar-refractivity contribution is 7.89. The summed E-state index contributed by atoms with van der Waals surface area (Å²) >= 11 is 0. The van der Waals surface area contributed by atoms with Gasteiger partial charge in [0.1, 0.15) is 0 Å². The third-order valence-corrected chi connectivity index (χ3v) is 7.28. The van der Waals surface area contributed by atoms with Crippen LogP contribution in [0.15, 0.2) is 71.6 Å². The summed E-state index contributed by atoms with van der Waals surface area (Å²) < 4.78 is 27.2. The molecule has 3 aromatic rings. The Hall–Kier alpha value is -2.70. The highest BCUT2D eigenvalue weighted by Gasteiger charge is 2.28. The Balaban J connectivity index is 1.67. The van der Waals surface area contributed by atoms with E-state index in [-0.39, 0.29) is 10.8 Å². The second-order valence-corrected chi connectivity index (χ2v) is 9.16. The number of carbonyl (C=O) groups is 1. The molecule has 0 bridgehead atoms. The Morgan fingerprint density at radius 1 is 0.931 bits per heavy atom. The van der Waals surface area contributed by atoms with Gasteiger partial charge in [-0.15, -0.1) is 0 Å². The Morgan fingerprint density at radius 3 is 2.38 bits per heavy atom. The van der Waals surface area contributed by atoms with Crippen LogP contribution in [0, 0.1) is 0 Å². The molecule has 0 atom stereocenters. The molecule has 1 fully saturated rings. The van der Waals surface area contributed by atoms with Gasteiger partial charge in [0.15, 0.2) is 0 Å². The molecule has 29 heavy (non-hydrogen) atoms. The average Bonchev–Trinajstić information content (AvgIpc) is 3.30. The minimum Gasteiger partial charge on any atom is -0.309 e. The normalized spacial score (nSPS) is 14.9. The minimum atomic E-state index is -3.56. The highest BCUT2D eigenvalue weighted by Crippen LogP contribution is 2.25. The van der Waals surface area contributed by atoms with E-state index in [1.54, 1.807) is 23.1 Å². The lowest BCUT2D eigenvalue weighted by Crippen LogP contribution is -2.31. The van der Waals surface area contributed by atoms with E-state index in [1.165, 1.54) is 10.4 Å². The van der Waals surface area contributed by atoms with E-state index < -0.39 is 10.0 Å². The quantitative estimate of drug-likeness (QED) is 0.633. The lowest BCUT2D eigenvalue weighted by atomic mass is 10.1. The van der Waals surface area contributed by atoms with Crippen LogP contribution in [0.4, 0.5) is 5.69 Å². The molecule has 1 aliphatic heterocycles. The zero-order valence-corrected chi connectivity index (χ0v) is 17.2. The molecule has 0 aromatic heterocycles. The monoisotopic (exact) mass is 408 g/mol. The number of anilines is 1. The topological polar surface area (TPSA) is 57.7 Å². The van der Waals surface area contributed by atoms with Crippen LogP contribution in [0.5, 0.6) is 0 Å². The predicted octanol–water partition coefficient (Wildman–Crippen LogP) is 4.29. The van der Waals surface area contributed by atoms with Gasteiger partial charge in [-0.05, 0) is 60.9 Å². The summed E-state index contributed by atoms with van der Waals surface area (Å²) in [5.41, 5.74) is 1.17. The number of fused-ring (bicyclic) bond motifs is 1. The van der Waals surface area contributed by atoms with Gasteiger partial charge in [-0.1, -0.05) is 36.4 Å². The molecular formula is C23H24N2O3S. The predicted molar refractivity (Wildman–Crippen MR) is 116 cm³/mol. The van der Waals surface area contributed by atoms with Crippen molar-refractivity contribution in [1.82, 2.24) is 4.31 Å². The summed E-state index contributed by atoms with van der Waals surface area (Å²) in [7, 11) is -3.56. The van der Waals surface area contributed by atoms with Crippen molar-refractivity contribution in [3.63, 3.8) is 0 Å². The maximum absolute atomic E-state index is 13.2. The summed E-state index contributed by atoms with van der Waals surface area (Å²) in [4.78, 5) is 15.1. The van der Waals surface area contributed by atoms with Crippen LogP contribution >= 0.6 is 0 Å². The van der Waals surface area contributed by atoms with Crippen molar-refractivity contribution in [1.29, 1.82) is 0 Å². The van der Waals surface area contributed by atoms with Crippen LogP contribution in [0.2, 0.25) is 0 Å². The molecule has 0 spiro atoms. The first kappa shape index (κ1) is 19.6. The van der Waals surface area contributed by atoms with Gasteiger partial charge in [-0.2, -0.15) is 4.31 Å². The van der Waals surface area contributed by atoms with E-state index in [0.29, 0.717) is 25.2 Å². The van der Waals surface area contributed by atoms with Crippen molar-refractivity contribution in [2.24, 2.45) is 0 Å². The molecule has 1 saturated heterocycles. The first-order valence-electron chi connectivity index (χ1n) is 9.91. The summed E-state index contributed by atoms with van der Waals surface area (Å²) in [6, 6.07) is 20.3. The van der Waals surface area contributed by atoms with E-state index in [4.69, 9.17) is 0 Å². The molecule has 3 aromatic carbocycles. The van der Waals surface area contributed by atoms with Crippen molar-refractivity contribution in [2.75, 3.05) is 24.5 Å². The first-order valence-corrected chi connectivity index (χ1v) is 11.4. The molecule has 0 radical (unpaired) electrons. The van der Waals surface area contributed by atoms with Crippen molar-refractivity contribution >= 4 is 32.4 Å². The molecule has 1 heterocycles. The van der Waals surface area contributed by atoms with Gasteiger partial charge < -0.3 is 4.90 Å². The van der Waals surface area contributed by atoms with Crippen molar-refractivity contribution in [3.8, 4) is 0 Å². The van der Waals surface area contributed by atoms with Crippen LogP contribution < -0.4 is 4.90 Å². The Labute approximate surface area is 171 Å². The molecular weight excluding hydrogens is 384 g/mol. The van der Waals surface area contributed by atoms with Gasteiger partial charge >= 0.3 is 0 Å². The number of rotatable bonds is 5. The molecule has 0 unspecified atom stereocenters. The van der Waals surface area contributed by atoms with Crippen LogP contribution in [-0.4, -0.2) is 38.3 Å². The number of hydrogen-bond acceptors (Lipinski definition) is 3. The standard InChI is InChI=1S/C23H24N2O3S/c1-2-25(21-13-12-18-8-3-4-9-19(18)16-21)23(26)20-10-7-11-22(17-20)29(27,28)24-14-5-6-15-24/h3-4,7-13,16-17H,2,5-6,14-15H2,1H3. The zero-order valence-electron chi connectivity index (χ0n) is 16.4. The first-order chi connectivity index (χ1) is 14.0. The van der Waals surface area contributed by atoms with Gasteiger partial charge in [0.2, 0.25) is 10.0 Å². The summed E-state index contributed by atoms with van der Waals surface area (Å²) in [6.45, 7) is 3.48. The second kappa shape index (κ2) is 7.97. The molecule has 5 nitrogen and oxygen atoms in total. The molecule has 0 aliphatic carbocycles. The van der Waals surface area contributed by atoms with Gasteiger partial charge in [0.05, 0.1) is 4.90 Å². The fourth-order valence-electron chi connectivity index (χ4n) is 3.81. The highest BCUT2D eigenvalue weighted by atomic mass is 32.2. The smallest absolute Gasteiger partial charge is 0.258 e. The Kier molecular flexibility index (Phi) is 5.39. The third-order valence-electron chi connectivity index (χ3n) is 5.39. The number of carbonyl (C=O) groups excluding carboxylic acids is 1. The average molecular weight is 409 g/mol. The second-order valence-electron chi connectivity index (χ2n) is 7.22. The van der Waals surface area contributed by atoms with Gasteiger partial charge in [-0.3, -0.25) is 4.79 Å². The number of amides is 1. The molecule has 6 heteroatoms. The number of nitrogens with zero attached hydrogens (tertiary/aromatic N) is 2. The van der Waals surface area contributed by atoms with Gasteiger partial charge in [-0.25, -0.2) is 8.42 Å². The van der Waals surface area contributed by atoms with Crippen molar-refractivity contribution in [2.45, 2.75) is 24.7 Å². The lowest BCUT2D eigenvalue weighted by molar-refractivity contribution is 0.0988. The maximum Gasteiger partial charge on any atom is 0.258 e. The Bertz CT molecular complexity index is 1150. The number of hydrogen-bond donors (Lipinski definition) is 0. The molecule has 4 rings (SSSR count). The minimum absolute atomic E-state index is 0.180.